The van der Waals surface area contributed by atoms with Crippen LogP contribution in [0, 0.1) is 5.92 Å². The molecule has 0 bridgehead atoms. The van der Waals surface area contributed by atoms with Crippen molar-refractivity contribution in [2.75, 3.05) is 19.7 Å². The quantitative estimate of drug-likeness (QED) is 0.730. The Kier molecular flexibility index (Phi) is 6.27. The van der Waals surface area contributed by atoms with E-state index in [9.17, 15) is 14.4 Å². The number of nitrogens with one attached hydrogen (secondary N) is 1. The van der Waals surface area contributed by atoms with Gasteiger partial charge in [-0.05, 0) is 26.2 Å². The minimum absolute atomic E-state index is 0.166. The van der Waals surface area contributed by atoms with Gasteiger partial charge in [0, 0.05) is 13.1 Å². The summed E-state index contributed by atoms with van der Waals surface area (Å²) in [5, 5.41) is 11.4. The lowest BCUT2D eigenvalue weighted by atomic mass is 9.97. The number of hydrogen-bond acceptors (Lipinski definition) is 4. The zero-order chi connectivity index (χ0) is 15.1. The fourth-order valence-electron chi connectivity index (χ4n) is 2.16. The van der Waals surface area contributed by atoms with Crippen LogP contribution in [0.5, 0.6) is 0 Å². The molecule has 1 aliphatic heterocycles. The second-order valence-electron chi connectivity index (χ2n) is 4.76. The normalized spacial score (nSPS) is 17.4. The van der Waals surface area contributed by atoms with E-state index >= 15 is 0 Å². The van der Waals surface area contributed by atoms with E-state index in [0.717, 1.165) is 0 Å². The van der Waals surface area contributed by atoms with E-state index in [4.69, 9.17) is 9.84 Å². The Morgan fingerprint density at radius 3 is 2.35 bits per heavy atom. The molecule has 1 atom stereocenters. The summed E-state index contributed by atoms with van der Waals surface area (Å²) in [6.07, 6.45) is 1.44. The van der Waals surface area contributed by atoms with E-state index in [1.54, 1.807) is 18.7 Å². The van der Waals surface area contributed by atoms with E-state index in [1.165, 1.54) is 0 Å². The maximum absolute atomic E-state index is 11.9. The van der Waals surface area contributed by atoms with Crippen molar-refractivity contribution in [3.05, 3.63) is 0 Å². The van der Waals surface area contributed by atoms with Crippen LogP contribution in [-0.2, 0) is 14.3 Å². The molecule has 0 aromatic carbocycles. The number of carbonyl (C=O) groups excluding carboxylic acids is 2. The minimum atomic E-state index is -1.04. The summed E-state index contributed by atoms with van der Waals surface area (Å²) in [5.74, 6) is -1.42. The zero-order valence-electron chi connectivity index (χ0n) is 11.9. The molecule has 7 nitrogen and oxygen atoms in total. The average Bonchev–Trinajstić information content (AvgIpc) is 2.44. The number of amides is 2. The van der Waals surface area contributed by atoms with E-state index in [0.29, 0.717) is 39.0 Å². The number of esters is 1. The number of likely N-dealkylation sites (tertiary alicyclic amines) is 1. The van der Waals surface area contributed by atoms with Crippen LogP contribution >= 0.6 is 0 Å². The lowest BCUT2D eigenvalue weighted by Crippen LogP contribution is -2.50. The lowest BCUT2D eigenvalue weighted by Gasteiger charge is -2.31. The average molecular weight is 286 g/mol. The number of carboxylic acid groups (broad SMARTS) is 1. The van der Waals surface area contributed by atoms with Gasteiger partial charge in [-0.3, -0.25) is 4.79 Å². The van der Waals surface area contributed by atoms with Crippen molar-refractivity contribution in [1.29, 1.82) is 0 Å². The van der Waals surface area contributed by atoms with Crippen LogP contribution in [-0.4, -0.2) is 53.7 Å². The molecule has 0 aromatic rings. The molecular weight excluding hydrogens is 264 g/mol. The molecule has 1 heterocycles. The predicted molar refractivity (Wildman–Crippen MR) is 71.2 cm³/mol. The van der Waals surface area contributed by atoms with Gasteiger partial charge in [-0.25, -0.2) is 9.59 Å². The van der Waals surface area contributed by atoms with Crippen molar-refractivity contribution in [3.8, 4) is 0 Å². The number of rotatable bonds is 5. The molecule has 0 spiro atoms. The molecule has 20 heavy (non-hydrogen) atoms. The Hall–Kier alpha value is -1.79. The zero-order valence-corrected chi connectivity index (χ0v) is 11.9. The van der Waals surface area contributed by atoms with Crippen LogP contribution in [0.1, 0.15) is 33.1 Å². The van der Waals surface area contributed by atoms with Crippen molar-refractivity contribution >= 4 is 18.0 Å². The van der Waals surface area contributed by atoms with Crippen molar-refractivity contribution in [2.45, 2.75) is 39.2 Å². The van der Waals surface area contributed by atoms with Crippen LogP contribution in [0.4, 0.5) is 4.79 Å². The van der Waals surface area contributed by atoms with E-state index in [2.05, 4.69) is 5.32 Å². The molecule has 1 saturated heterocycles. The summed E-state index contributed by atoms with van der Waals surface area (Å²) < 4.78 is 4.95. The molecular formula is C13H22N2O5. The highest BCUT2D eigenvalue weighted by Gasteiger charge is 2.29. The number of ether oxygens (including phenoxy) is 1. The Bertz CT molecular complexity index is 364. The van der Waals surface area contributed by atoms with Gasteiger partial charge in [0.05, 0.1) is 12.5 Å². The molecule has 0 saturated carbocycles. The maximum atomic E-state index is 11.9. The molecule has 114 valence electrons. The summed E-state index contributed by atoms with van der Waals surface area (Å²) in [4.78, 5) is 35.9. The highest BCUT2D eigenvalue weighted by atomic mass is 16.5. The van der Waals surface area contributed by atoms with Gasteiger partial charge in [0.15, 0.2) is 0 Å². The SMILES string of the molecule is CCOC(=O)C1CCN(C(=O)NC(CC)C(=O)O)CC1. The number of hydrogen-bond donors (Lipinski definition) is 2. The Morgan fingerprint density at radius 2 is 1.90 bits per heavy atom. The molecule has 1 rings (SSSR count). The molecule has 2 N–H and O–H groups in total. The first-order valence-electron chi connectivity index (χ1n) is 6.94. The summed E-state index contributed by atoms with van der Waals surface area (Å²) >= 11 is 0. The van der Waals surface area contributed by atoms with Crippen molar-refractivity contribution in [3.63, 3.8) is 0 Å². The first-order valence-corrected chi connectivity index (χ1v) is 6.94. The van der Waals surface area contributed by atoms with Gasteiger partial charge in [0.2, 0.25) is 0 Å². The Labute approximate surface area is 118 Å². The summed E-state index contributed by atoms with van der Waals surface area (Å²) in [6.45, 7) is 4.69. The predicted octanol–water partition coefficient (Wildman–Crippen LogP) is 0.834. The Morgan fingerprint density at radius 1 is 1.30 bits per heavy atom. The van der Waals surface area contributed by atoms with Gasteiger partial charge < -0.3 is 20.1 Å². The molecule has 0 radical (unpaired) electrons. The fraction of sp³-hybridized carbons (Fsp3) is 0.769. The second-order valence-corrected chi connectivity index (χ2v) is 4.76. The van der Waals surface area contributed by atoms with Gasteiger partial charge in [-0.1, -0.05) is 6.92 Å². The van der Waals surface area contributed by atoms with Gasteiger partial charge >= 0.3 is 18.0 Å². The lowest BCUT2D eigenvalue weighted by molar-refractivity contribution is -0.149. The Balaban J connectivity index is 2.43. The molecule has 1 fully saturated rings. The number of carbonyl (C=O) groups is 3. The summed E-state index contributed by atoms with van der Waals surface area (Å²) in [7, 11) is 0. The molecule has 0 aliphatic carbocycles. The highest BCUT2D eigenvalue weighted by Crippen LogP contribution is 2.18. The molecule has 2 amide bonds. The van der Waals surface area contributed by atoms with Crippen LogP contribution in [0.2, 0.25) is 0 Å². The standard InChI is InChI=1S/C13H22N2O5/c1-3-10(11(16)17)14-13(19)15-7-5-9(6-8-15)12(18)20-4-2/h9-10H,3-8H2,1-2H3,(H,14,19)(H,16,17). The first kappa shape index (κ1) is 16.3. The molecule has 1 aliphatic rings. The number of aliphatic carboxylic acids is 1. The second kappa shape index (κ2) is 7.72. The summed E-state index contributed by atoms with van der Waals surface area (Å²) in [5.41, 5.74) is 0. The van der Waals surface area contributed by atoms with Crippen LogP contribution in [0.25, 0.3) is 0 Å². The topological polar surface area (TPSA) is 95.9 Å². The molecule has 7 heteroatoms. The van der Waals surface area contributed by atoms with E-state index in [1.807, 2.05) is 0 Å². The third-order valence-electron chi connectivity index (χ3n) is 3.41. The number of urea groups is 1. The highest BCUT2D eigenvalue weighted by molar-refractivity contribution is 5.82. The van der Waals surface area contributed by atoms with E-state index < -0.39 is 12.0 Å². The van der Waals surface area contributed by atoms with Crippen LogP contribution in [0.3, 0.4) is 0 Å². The van der Waals surface area contributed by atoms with Crippen molar-refractivity contribution in [1.82, 2.24) is 10.2 Å². The number of carboxylic acids is 1. The van der Waals surface area contributed by atoms with Crippen molar-refractivity contribution in [2.24, 2.45) is 5.92 Å². The van der Waals surface area contributed by atoms with Gasteiger partial charge in [-0.2, -0.15) is 0 Å². The largest absolute Gasteiger partial charge is 0.480 e. The third kappa shape index (κ3) is 4.40. The number of nitrogens with zero attached hydrogens (tertiary/aromatic N) is 1. The molecule has 0 aromatic heterocycles. The molecule has 1 unspecified atom stereocenters. The van der Waals surface area contributed by atoms with Gasteiger partial charge in [0.1, 0.15) is 6.04 Å². The van der Waals surface area contributed by atoms with Crippen molar-refractivity contribution < 1.29 is 24.2 Å². The minimum Gasteiger partial charge on any atom is -0.480 e. The van der Waals surface area contributed by atoms with E-state index in [-0.39, 0.29) is 17.9 Å². The fourth-order valence-corrected chi connectivity index (χ4v) is 2.16. The summed E-state index contributed by atoms with van der Waals surface area (Å²) in [6, 6.07) is -1.26. The maximum Gasteiger partial charge on any atom is 0.326 e. The van der Waals surface area contributed by atoms with Crippen LogP contribution in [0.15, 0.2) is 0 Å². The third-order valence-corrected chi connectivity index (χ3v) is 3.41. The van der Waals surface area contributed by atoms with Gasteiger partial charge in [0.25, 0.3) is 0 Å². The monoisotopic (exact) mass is 286 g/mol. The smallest absolute Gasteiger partial charge is 0.326 e. The number of piperidine rings is 1. The van der Waals surface area contributed by atoms with Crippen LogP contribution < -0.4 is 5.32 Å². The van der Waals surface area contributed by atoms with Gasteiger partial charge in [-0.15, -0.1) is 0 Å². The first-order chi connectivity index (χ1) is 9.49.